The van der Waals surface area contributed by atoms with E-state index in [0.29, 0.717) is 63.7 Å². The molecule has 8 saturated heterocycles. The van der Waals surface area contributed by atoms with Crippen LogP contribution in [-0.4, -0.2) is 117 Å². The lowest BCUT2D eigenvalue weighted by molar-refractivity contribution is -0.576. The van der Waals surface area contributed by atoms with Crippen molar-refractivity contribution in [2.24, 2.45) is 71.0 Å². The predicted octanol–water partition coefficient (Wildman–Crippen LogP) is 9.10. The zero-order valence-corrected chi connectivity index (χ0v) is 46.7. The average molecular weight is 1030 g/mol. The molecule has 73 heavy (non-hydrogen) atoms. The molecule has 2 unspecified atom stereocenters. The van der Waals surface area contributed by atoms with Gasteiger partial charge in [-0.1, -0.05) is 76.2 Å². The lowest BCUT2D eigenvalue weighted by Gasteiger charge is -2.60. The first-order valence-electron chi connectivity index (χ1n) is 28.9. The first kappa shape index (κ1) is 56.1. The van der Waals surface area contributed by atoms with Crippen LogP contribution in [0.4, 0.5) is 0 Å². The van der Waals surface area contributed by atoms with E-state index in [1.165, 1.54) is 0 Å². The van der Waals surface area contributed by atoms with Crippen molar-refractivity contribution >= 4 is 11.8 Å². The van der Waals surface area contributed by atoms with Gasteiger partial charge in [-0.25, -0.2) is 9.78 Å². The highest BCUT2D eigenvalue weighted by atomic mass is 17.3. The fourth-order valence-electron chi connectivity index (χ4n) is 16.1. The minimum Gasteiger partial charge on any atom is -0.435 e. The Bertz CT molecular complexity index is 2020. The Morgan fingerprint density at radius 3 is 2.12 bits per heavy atom. The highest BCUT2D eigenvalue weighted by Gasteiger charge is 2.70. The number of esters is 1. The highest BCUT2D eigenvalue weighted by Crippen LogP contribution is 2.61. The molecule has 0 aromatic rings. The molecule has 1 saturated carbocycles. The third kappa shape index (κ3) is 9.48. The van der Waals surface area contributed by atoms with Crippen molar-refractivity contribution in [1.29, 1.82) is 0 Å². The molecule has 15 nitrogen and oxygen atoms in total. The van der Waals surface area contributed by atoms with E-state index in [4.69, 9.17) is 47.7 Å². The molecule has 0 aromatic heterocycles. The summed E-state index contributed by atoms with van der Waals surface area (Å²) in [6, 6.07) is 0. The first-order chi connectivity index (χ1) is 34.3. The minimum atomic E-state index is -1.39. The van der Waals surface area contributed by atoms with Crippen LogP contribution in [0.15, 0.2) is 12.2 Å². The van der Waals surface area contributed by atoms with Crippen molar-refractivity contribution in [2.45, 2.75) is 270 Å². The standard InChI is InChI=1S/C58H94O15/c1-15-39(49-33(7)29-34(8)56(68-49)25-21-43(59)57(71-56)27-26-53(13,70-57)44-22-24-55(63,17-3)38(12)64-44)46(61)36(10)45(60)37(11)47-31(5)28-32(6)48(65-47)40(16-2)50(62)66-51-35(9)42-19-18-30(4)41-20-23-54(14)69-52(67-51)58(41,42)73-72-54/h21,25,30-45,47-49,51-52,59-60,63H,15-20,22-24,26-29H2,1-14H3/t30-,31+,32+,33+,34-,35-,36+,37+,38+,39+,40-,41+,42+,43-,44-,45-,47-,48-,49+,51?,52-,53+,54?,55-,56+,57+,58-/m1/s1. The van der Waals surface area contributed by atoms with Gasteiger partial charge in [-0.05, 0) is 133 Å². The number of hydrogen-bond acceptors (Lipinski definition) is 15. The quantitative estimate of drug-likeness (QED) is 0.0900. The molecule has 0 aromatic carbocycles. The molecule has 9 heterocycles. The molecule has 10 rings (SSSR count). The Kier molecular flexibility index (Phi) is 15.8. The molecule has 2 bridgehead atoms. The molecule has 27 atom stereocenters. The first-order valence-corrected chi connectivity index (χ1v) is 28.9. The zero-order chi connectivity index (χ0) is 53.0. The summed E-state index contributed by atoms with van der Waals surface area (Å²) in [5, 5.41) is 35.0. The second-order valence-electron chi connectivity index (χ2n) is 25.8. The van der Waals surface area contributed by atoms with Crippen LogP contribution >= 0.6 is 0 Å². The number of hydrogen-bond donors (Lipinski definition) is 3. The van der Waals surface area contributed by atoms with E-state index >= 15 is 0 Å². The molecular formula is C58H94O15. The van der Waals surface area contributed by atoms with Crippen molar-refractivity contribution in [2.75, 3.05) is 0 Å². The Balaban J connectivity index is 0.858. The average Bonchev–Trinajstić information content (AvgIpc) is 3.53. The lowest BCUT2D eigenvalue weighted by Crippen LogP contribution is -2.70. The SMILES string of the molecule is CC[C@@H](C(=O)OC1O[C@@H]2OC3(C)CC[C@H]4[C@H](C)CC[C@@H]([C@H]1C)[C@@]24OO3)[C@@H]1O[C@@H]([C@@H](C)[C@H](O)[C@H](C)C(=O)[C@H](CC)[C@H]2O[C@]3(C=C[C@@H](O)[C@]4(CC[C@@](C)([C@H]5CC[C@](O)(CC)[C@H](C)O5)O4)O3)[C@H](C)C[C@@H]2C)[C@@H](C)C[C@@H]1C. The van der Waals surface area contributed by atoms with Crippen LogP contribution in [0.25, 0.3) is 0 Å². The van der Waals surface area contributed by atoms with Crippen molar-refractivity contribution in [1.82, 2.24) is 0 Å². The van der Waals surface area contributed by atoms with E-state index in [9.17, 15) is 24.9 Å². The van der Waals surface area contributed by atoms with E-state index in [2.05, 4.69) is 41.5 Å². The van der Waals surface area contributed by atoms with Gasteiger partial charge in [-0.15, -0.1) is 0 Å². The minimum absolute atomic E-state index is 0.0122. The molecule has 0 amide bonds. The van der Waals surface area contributed by atoms with Crippen LogP contribution in [0, 0.1) is 71.0 Å². The van der Waals surface area contributed by atoms with Gasteiger partial charge in [0.05, 0.1) is 53.7 Å². The van der Waals surface area contributed by atoms with E-state index < -0.39 is 101 Å². The summed E-state index contributed by atoms with van der Waals surface area (Å²) in [6.07, 6.45) is 6.56. The van der Waals surface area contributed by atoms with Crippen LogP contribution in [0.2, 0.25) is 0 Å². The topological polar surface area (TPSA) is 187 Å². The van der Waals surface area contributed by atoms with Crippen LogP contribution < -0.4 is 0 Å². The van der Waals surface area contributed by atoms with Gasteiger partial charge in [0, 0.05) is 48.3 Å². The third-order valence-electron chi connectivity index (χ3n) is 21.1. The molecular weight excluding hydrogens is 937 g/mol. The van der Waals surface area contributed by atoms with E-state index in [0.717, 1.165) is 25.7 Å². The van der Waals surface area contributed by atoms with Gasteiger partial charge in [0.1, 0.15) is 11.9 Å². The largest absolute Gasteiger partial charge is 0.435 e. The van der Waals surface area contributed by atoms with Gasteiger partial charge in [-0.2, -0.15) is 0 Å². The fraction of sp³-hybridized carbons (Fsp3) is 0.931. The van der Waals surface area contributed by atoms with Gasteiger partial charge in [0.2, 0.25) is 17.9 Å². The highest BCUT2D eigenvalue weighted by molar-refractivity contribution is 5.84. The normalized spacial score (nSPS) is 51.7. The smallest absolute Gasteiger partial charge is 0.313 e. The number of rotatable bonds is 13. The maximum absolute atomic E-state index is 14.9. The van der Waals surface area contributed by atoms with Gasteiger partial charge < -0.3 is 53.2 Å². The third-order valence-corrected chi connectivity index (χ3v) is 21.1. The molecule has 0 radical (unpaired) electrons. The van der Waals surface area contributed by atoms with Crippen LogP contribution in [0.1, 0.15) is 180 Å². The molecule has 3 spiro atoms. The molecule has 10 aliphatic rings. The number of ketones is 1. The van der Waals surface area contributed by atoms with Crippen molar-refractivity contribution in [3.63, 3.8) is 0 Å². The van der Waals surface area contributed by atoms with E-state index in [1.807, 2.05) is 61.5 Å². The maximum Gasteiger partial charge on any atom is 0.313 e. The summed E-state index contributed by atoms with van der Waals surface area (Å²) in [5.74, 6) is -6.00. The predicted molar refractivity (Wildman–Crippen MR) is 268 cm³/mol. The zero-order valence-electron chi connectivity index (χ0n) is 46.7. The van der Waals surface area contributed by atoms with Crippen molar-refractivity contribution < 1.29 is 72.6 Å². The number of carbonyl (C=O) groups excluding carboxylic acids is 2. The summed E-state index contributed by atoms with van der Waals surface area (Å²) >= 11 is 0. The van der Waals surface area contributed by atoms with Gasteiger partial charge >= 0.3 is 5.97 Å². The van der Waals surface area contributed by atoms with E-state index in [1.54, 1.807) is 6.08 Å². The summed E-state index contributed by atoms with van der Waals surface area (Å²) < 4.78 is 54.1. The van der Waals surface area contributed by atoms with Crippen molar-refractivity contribution in [3.05, 3.63) is 12.2 Å². The number of Topliss-reactive ketones (excluding diaryl/α,β-unsaturated/α-hetero) is 1. The van der Waals surface area contributed by atoms with Gasteiger partial charge in [0.25, 0.3) is 0 Å². The number of aliphatic hydroxyl groups excluding tert-OH is 2. The molecule has 15 heteroatoms. The van der Waals surface area contributed by atoms with Gasteiger partial charge in [-0.3, -0.25) is 9.59 Å². The fourth-order valence-corrected chi connectivity index (χ4v) is 16.1. The van der Waals surface area contributed by atoms with E-state index in [-0.39, 0.29) is 65.4 Å². The monoisotopic (exact) mass is 1030 g/mol. The lowest BCUT2D eigenvalue weighted by atomic mass is 9.58. The summed E-state index contributed by atoms with van der Waals surface area (Å²) in [4.78, 5) is 41.8. The van der Waals surface area contributed by atoms with Crippen LogP contribution in [0.3, 0.4) is 0 Å². The second kappa shape index (κ2) is 20.6. The van der Waals surface area contributed by atoms with Crippen LogP contribution in [-0.2, 0) is 57.3 Å². The Morgan fingerprint density at radius 1 is 0.740 bits per heavy atom. The Morgan fingerprint density at radius 2 is 1.44 bits per heavy atom. The second-order valence-corrected chi connectivity index (χ2v) is 25.8. The number of carbonyl (C=O) groups is 2. The number of aliphatic hydroxyl groups is 3. The summed E-state index contributed by atoms with van der Waals surface area (Å²) in [5.41, 5.74) is -2.43. The Labute approximate surface area is 436 Å². The molecule has 9 fully saturated rings. The summed E-state index contributed by atoms with van der Waals surface area (Å²) in [6.45, 7) is 28.3. The van der Waals surface area contributed by atoms with Gasteiger partial charge in [0.15, 0.2) is 17.7 Å². The Hall–Kier alpha value is -1.60. The maximum atomic E-state index is 14.9. The van der Waals surface area contributed by atoms with Crippen molar-refractivity contribution in [3.8, 4) is 0 Å². The molecule has 416 valence electrons. The summed E-state index contributed by atoms with van der Waals surface area (Å²) in [7, 11) is 0. The number of fused-ring (bicyclic) bond motifs is 2. The molecule has 9 aliphatic heterocycles. The number of ether oxygens (including phenoxy) is 8. The van der Waals surface area contributed by atoms with Crippen LogP contribution in [0.5, 0.6) is 0 Å². The molecule has 3 N–H and O–H groups in total. The molecule has 1 aliphatic carbocycles.